The van der Waals surface area contributed by atoms with Gasteiger partial charge in [-0.3, -0.25) is 19.3 Å². The van der Waals surface area contributed by atoms with E-state index in [9.17, 15) is 18.0 Å². The fraction of sp³-hybridized carbons (Fsp3) is 0.154. The van der Waals surface area contributed by atoms with Crippen LogP contribution in [0.2, 0.25) is 0 Å². The molecule has 0 unspecified atom stereocenters. The van der Waals surface area contributed by atoms with Crippen LogP contribution < -0.4 is 5.32 Å². The second-order valence-electron chi connectivity index (χ2n) is 8.17. The SMILES string of the molecule is O=C(NCCc1ccccn1)c1csc(CSc2nnc(-c3cccnc3)n2-c2cccc(C(F)(F)F)c2)n1. The number of hydrogen-bond acceptors (Lipinski definition) is 8. The Balaban J connectivity index is 1.32. The zero-order chi connectivity index (χ0) is 27.2. The topological polar surface area (TPSA) is 98.5 Å². The lowest BCUT2D eigenvalue weighted by atomic mass is 10.2. The number of benzene rings is 1. The molecule has 4 heterocycles. The quantitative estimate of drug-likeness (QED) is 0.236. The molecule has 1 N–H and O–H groups in total. The molecule has 198 valence electrons. The van der Waals surface area contributed by atoms with E-state index in [0.717, 1.165) is 17.8 Å². The number of carbonyl (C=O) groups is 1. The molecule has 1 amide bonds. The van der Waals surface area contributed by atoms with E-state index >= 15 is 0 Å². The van der Waals surface area contributed by atoms with Crippen molar-refractivity contribution in [3.63, 3.8) is 0 Å². The summed E-state index contributed by atoms with van der Waals surface area (Å²) in [5, 5.41) is 14.0. The highest BCUT2D eigenvalue weighted by molar-refractivity contribution is 7.98. The van der Waals surface area contributed by atoms with Crippen molar-refractivity contribution >= 4 is 29.0 Å². The molecule has 5 rings (SSSR count). The van der Waals surface area contributed by atoms with Gasteiger partial charge in [-0.2, -0.15) is 13.2 Å². The summed E-state index contributed by atoms with van der Waals surface area (Å²) in [6.45, 7) is 0.425. The average molecular weight is 568 g/mol. The van der Waals surface area contributed by atoms with Gasteiger partial charge in [0.1, 0.15) is 10.7 Å². The minimum atomic E-state index is -4.50. The van der Waals surface area contributed by atoms with Gasteiger partial charge in [0.15, 0.2) is 11.0 Å². The van der Waals surface area contributed by atoms with Crippen LogP contribution >= 0.6 is 23.1 Å². The maximum atomic E-state index is 13.4. The Morgan fingerprint density at radius 3 is 2.72 bits per heavy atom. The lowest BCUT2D eigenvalue weighted by molar-refractivity contribution is -0.137. The van der Waals surface area contributed by atoms with Crippen molar-refractivity contribution in [2.75, 3.05) is 6.54 Å². The molecule has 0 radical (unpaired) electrons. The number of thioether (sulfide) groups is 1. The molecule has 0 spiro atoms. The van der Waals surface area contributed by atoms with Gasteiger partial charge in [-0.05, 0) is 42.5 Å². The van der Waals surface area contributed by atoms with E-state index in [4.69, 9.17) is 0 Å². The lowest BCUT2D eigenvalue weighted by Crippen LogP contribution is -2.26. The molecule has 0 fully saturated rings. The van der Waals surface area contributed by atoms with Crippen molar-refractivity contribution in [1.82, 2.24) is 35.0 Å². The molecule has 0 aliphatic rings. The minimum absolute atomic E-state index is 0.267. The molecule has 0 bridgehead atoms. The Bertz CT molecular complexity index is 1560. The van der Waals surface area contributed by atoms with Gasteiger partial charge in [0, 0.05) is 48.2 Å². The first kappa shape index (κ1) is 26.5. The second kappa shape index (κ2) is 11.7. The Hall–Kier alpha value is -4.10. The van der Waals surface area contributed by atoms with E-state index in [-0.39, 0.29) is 11.6 Å². The number of halogens is 3. The molecule has 0 aliphatic heterocycles. The molecular formula is C26H20F3N7OS2. The first-order chi connectivity index (χ1) is 18.9. The summed E-state index contributed by atoms with van der Waals surface area (Å²) in [6.07, 6.45) is 0.973. The van der Waals surface area contributed by atoms with Crippen LogP contribution in [0.3, 0.4) is 0 Å². The molecule has 4 aromatic heterocycles. The summed E-state index contributed by atoms with van der Waals surface area (Å²) in [5.41, 5.74) is 1.27. The molecule has 0 aliphatic carbocycles. The highest BCUT2D eigenvalue weighted by atomic mass is 32.2. The van der Waals surface area contributed by atoms with Gasteiger partial charge in [-0.15, -0.1) is 21.5 Å². The maximum absolute atomic E-state index is 13.4. The molecule has 0 saturated carbocycles. The van der Waals surface area contributed by atoms with Crippen LogP contribution in [0.25, 0.3) is 17.1 Å². The molecule has 13 heteroatoms. The third-order valence-electron chi connectivity index (χ3n) is 5.49. The zero-order valence-corrected chi connectivity index (χ0v) is 21.8. The van der Waals surface area contributed by atoms with E-state index in [0.29, 0.717) is 46.0 Å². The highest BCUT2D eigenvalue weighted by Gasteiger charge is 2.31. The fourth-order valence-electron chi connectivity index (χ4n) is 3.65. The van der Waals surface area contributed by atoms with Crippen molar-refractivity contribution in [2.45, 2.75) is 23.5 Å². The van der Waals surface area contributed by atoms with Gasteiger partial charge in [0.2, 0.25) is 0 Å². The van der Waals surface area contributed by atoms with Crippen LogP contribution in [0.1, 0.15) is 26.8 Å². The number of nitrogens with one attached hydrogen (secondary N) is 1. The molecule has 0 saturated heterocycles. The highest BCUT2D eigenvalue weighted by Crippen LogP contribution is 2.34. The number of thiazole rings is 1. The van der Waals surface area contributed by atoms with Crippen molar-refractivity contribution in [3.05, 3.63) is 101 Å². The molecular weight excluding hydrogens is 547 g/mol. The van der Waals surface area contributed by atoms with Crippen LogP contribution in [0, 0.1) is 0 Å². The monoisotopic (exact) mass is 567 g/mol. The number of alkyl halides is 3. The number of nitrogens with zero attached hydrogens (tertiary/aromatic N) is 6. The molecule has 5 aromatic rings. The van der Waals surface area contributed by atoms with Crippen LogP contribution in [-0.2, 0) is 18.3 Å². The van der Waals surface area contributed by atoms with E-state index in [1.807, 2.05) is 18.2 Å². The minimum Gasteiger partial charge on any atom is -0.350 e. The Kier molecular flexibility index (Phi) is 7.98. The summed E-state index contributed by atoms with van der Waals surface area (Å²) in [5.74, 6) is 0.414. The number of aromatic nitrogens is 6. The van der Waals surface area contributed by atoms with Gasteiger partial charge < -0.3 is 5.32 Å². The standard InChI is InChI=1S/C26H20F3N7OS2/c27-26(28,29)18-6-3-8-20(13-18)36-23(17-5-4-10-30-14-17)34-35-25(36)39-16-22-33-21(15-38-22)24(37)32-12-9-19-7-1-2-11-31-19/h1-8,10-11,13-15H,9,12,16H2,(H,32,37). The van der Waals surface area contributed by atoms with Gasteiger partial charge >= 0.3 is 6.18 Å². The number of amides is 1. The van der Waals surface area contributed by atoms with E-state index in [1.165, 1.54) is 29.2 Å². The van der Waals surface area contributed by atoms with Crippen LogP contribution in [0.4, 0.5) is 13.2 Å². The number of rotatable bonds is 9. The Morgan fingerprint density at radius 2 is 1.95 bits per heavy atom. The molecule has 1 aromatic carbocycles. The summed E-state index contributed by atoms with van der Waals surface area (Å²) in [4.78, 5) is 25.3. The lowest BCUT2D eigenvalue weighted by Gasteiger charge is -2.13. The van der Waals surface area contributed by atoms with Crippen molar-refractivity contribution in [1.29, 1.82) is 0 Å². The fourth-order valence-corrected chi connectivity index (χ4v) is 5.39. The van der Waals surface area contributed by atoms with E-state index in [2.05, 4.69) is 30.5 Å². The summed E-state index contributed by atoms with van der Waals surface area (Å²) in [7, 11) is 0. The summed E-state index contributed by atoms with van der Waals surface area (Å²) in [6, 6.07) is 14.1. The Labute approximate surface area is 229 Å². The predicted octanol–water partition coefficient (Wildman–Crippen LogP) is 5.46. The Morgan fingerprint density at radius 1 is 1.05 bits per heavy atom. The van der Waals surface area contributed by atoms with E-state index < -0.39 is 11.7 Å². The molecule has 8 nitrogen and oxygen atoms in total. The normalized spacial score (nSPS) is 11.5. The largest absolute Gasteiger partial charge is 0.416 e. The number of pyridine rings is 2. The van der Waals surface area contributed by atoms with Crippen LogP contribution in [0.15, 0.2) is 83.7 Å². The zero-order valence-electron chi connectivity index (χ0n) is 20.2. The first-order valence-electron chi connectivity index (χ1n) is 11.7. The van der Waals surface area contributed by atoms with E-state index in [1.54, 1.807) is 46.7 Å². The van der Waals surface area contributed by atoms with Crippen molar-refractivity contribution < 1.29 is 18.0 Å². The number of hydrogen-bond donors (Lipinski definition) is 1. The van der Waals surface area contributed by atoms with Gasteiger partial charge in [-0.1, -0.05) is 23.9 Å². The van der Waals surface area contributed by atoms with Gasteiger partial charge in [-0.25, -0.2) is 4.98 Å². The first-order valence-corrected chi connectivity index (χ1v) is 13.5. The maximum Gasteiger partial charge on any atom is 0.416 e. The second-order valence-corrected chi connectivity index (χ2v) is 10.1. The van der Waals surface area contributed by atoms with Crippen molar-refractivity contribution in [3.8, 4) is 17.1 Å². The predicted molar refractivity (Wildman–Crippen MR) is 142 cm³/mol. The summed E-state index contributed by atoms with van der Waals surface area (Å²) >= 11 is 2.58. The average Bonchev–Trinajstić information content (AvgIpc) is 3.60. The molecule has 0 atom stereocenters. The third kappa shape index (κ3) is 6.49. The smallest absolute Gasteiger partial charge is 0.350 e. The third-order valence-corrected chi connectivity index (χ3v) is 7.46. The van der Waals surface area contributed by atoms with Crippen LogP contribution in [-0.4, -0.2) is 42.2 Å². The van der Waals surface area contributed by atoms with Crippen molar-refractivity contribution in [2.24, 2.45) is 0 Å². The van der Waals surface area contributed by atoms with Crippen LogP contribution in [0.5, 0.6) is 0 Å². The summed E-state index contributed by atoms with van der Waals surface area (Å²) < 4.78 is 41.9. The van der Waals surface area contributed by atoms with Gasteiger partial charge in [0.25, 0.3) is 5.91 Å². The van der Waals surface area contributed by atoms with Gasteiger partial charge in [0.05, 0.1) is 17.0 Å². The number of carbonyl (C=O) groups excluding carboxylic acids is 1. The molecule has 39 heavy (non-hydrogen) atoms.